The van der Waals surface area contributed by atoms with Gasteiger partial charge in [-0.3, -0.25) is 14.2 Å². The quantitative estimate of drug-likeness (QED) is 0.506. The van der Waals surface area contributed by atoms with Crippen molar-refractivity contribution >= 4 is 16.8 Å². The van der Waals surface area contributed by atoms with E-state index in [4.69, 9.17) is 0 Å². The van der Waals surface area contributed by atoms with Gasteiger partial charge in [0.25, 0.3) is 5.56 Å². The summed E-state index contributed by atoms with van der Waals surface area (Å²) in [4.78, 5) is 30.1. The van der Waals surface area contributed by atoms with Gasteiger partial charge in [0.1, 0.15) is 11.7 Å². The van der Waals surface area contributed by atoms with Crippen molar-refractivity contribution in [1.29, 1.82) is 0 Å². The summed E-state index contributed by atoms with van der Waals surface area (Å²) in [6.07, 6.45) is 7.41. The molecule has 6 heteroatoms. The predicted octanol–water partition coefficient (Wildman–Crippen LogP) is 3.34. The Kier molecular flexibility index (Phi) is 4.31. The number of hydrogen-bond acceptors (Lipinski definition) is 4. The SMILES string of the molecule is O=C(Cn1cnc2c(cnn2-c2ccccc2)c1=O)c1ccc2c(c1)CCCC2. The molecule has 1 aliphatic rings. The number of ketones is 1. The standard InChI is InChI=1S/C23H20N4O2/c28-21(18-11-10-16-6-4-5-7-17(16)12-18)14-26-15-24-22-20(23(26)29)13-25-27(22)19-8-2-1-3-9-19/h1-3,8-13,15H,4-7,14H2. The summed E-state index contributed by atoms with van der Waals surface area (Å²) in [5, 5.41) is 4.71. The van der Waals surface area contributed by atoms with Gasteiger partial charge in [-0.25, -0.2) is 9.67 Å². The molecule has 2 aromatic carbocycles. The van der Waals surface area contributed by atoms with Crippen LogP contribution in [0.5, 0.6) is 0 Å². The fourth-order valence-corrected chi connectivity index (χ4v) is 3.97. The molecule has 0 spiro atoms. The van der Waals surface area contributed by atoms with Crippen LogP contribution < -0.4 is 5.56 Å². The first kappa shape index (κ1) is 17.6. The molecule has 0 fully saturated rings. The van der Waals surface area contributed by atoms with Crippen LogP contribution in [0.4, 0.5) is 0 Å². The molecular weight excluding hydrogens is 364 g/mol. The number of Topliss-reactive ketones (excluding diaryl/α,β-unsaturated/α-hetero) is 1. The largest absolute Gasteiger partial charge is 0.292 e. The second kappa shape index (κ2) is 7.13. The lowest BCUT2D eigenvalue weighted by Crippen LogP contribution is -2.24. The molecule has 2 aromatic heterocycles. The van der Waals surface area contributed by atoms with E-state index < -0.39 is 0 Å². The van der Waals surface area contributed by atoms with Crippen molar-refractivity contribution in [2.45, 2.75) is 32.2 Å². The molecule has 0 aliphatic heterocycles. The summed E-state index contributed by atoms with van der Waals surface area (Å²) >= 11 is 0. The van der Waals surface area contributed by atoms with Crippen LogP contribution in [0.15, 0.2) is 65.8 Å². The normalized spacial score (nSPS) is 13.4. The van der Waals surface area contributed by atoms with Crippen LogP contribution in [-0.4, -0.2) is 25.1 Å². The van der Waals surface area contributed by atoms with E-state index in [0.717, 1.165) is 24.9 Å². The van der Waals surface area contributed by atoms with Gasteiger partial charge in [0.15, 0.2) is 11.4 Å². The average Bonchev–Trinajstić information content (AvgIpc) is 3.21. The van der Waals surface area contributed by atoms with Crippen LogP contribution in [0.3, 0.4) is 0 Å². The zero-order valence-electron chi connectivity index (χ0n) is 15.9. The van der Waals surface area contributed by atoms with Crippen molar-refractivity contribution in [2.75, 3.05) is 0 Å². The zero-order chi connectivity index (χ0) is 19.8. The minimum Gasteiger partial charge on any atom is -0.292 e. The fourth-order valence-electron chi connectivity index (χ4n) is 3.97. The number of para-hydroxylation sites is 1. The highest BCUT2D eigenvalue weighted by Crippen LogP contribution is 2.22. The van der Waals surface area contributed by atoms with Gasteiger partial charge in [-0.1, -0.05) is 30.3 Å². The summed E-state index contributed by atoms with van der Waals surface area (Å²) in [6, 6.07) is 15.4. The zero-order valence-corrected chi connectivity index (χ0v) is 15.9. The van der Waals surface area contributed by atoms with Crippen molar-refractivity contribution < 1.29 is 4.79 Å². The molecule has 29 heavy (non-hydrogen) atoms. The Bertz CT molecular complexity index is 1270. The number of benzene rings is 2. The highest BCUT2D eigenvalue weighted by Gasteiger charge is 2.16. The number of carbonyl (C=O) groups excluding carboxylic acids is 1. The molecule has 144 valence electrons. The summed E-state index contributed by atoms with van der Waals surface area (Å²) in [5.74, 6) is -0.0860. The lowest BCUT2D eigenvalue weighted by atomic mass is 9.90. The lowest BCUT2D eigenvalue weighted by Gasteiger charge is -2.16. The van der Waals surface area contributed by atoms with E-state index in [2.05, 4.69) is 16.1 Å². The summed E-state index contributed by atoms with van der Waals surface area (Å²) < 4.78 is 2.99. The Morgan fingerprint density at radius 1 is 1.00 bits per heavy atom. The molecule has 0 amide bonds. The van der Waals surface area contributed by atoms with Crippen molar-refractivity contribution in [1.82, 2.24) is 19.3 Å². The predicted molar refractivity (Wildman–Crippen MR) is 111 cm³/mol. The molecule has 0 atom stereocenters. The van der Waals surface area contributed by atoms with Crippen LogP contribution in [0.1, 0.15) is 34.3 Å². The molecule has 0 radical (unpaired) electrons. The third-order valence-corrected chi connectivity index (χ3v) is 5.54. The first-order valence-corrected chi connectivity index (χ1v) is 9.84. The third kappa shape index (κ3) is 3.16. The van der Waals surface area contributed by atoms with E-state index in [1.54, 1.807) is 4.68 Å². The van der Waals surface area contributed by atoms with E-state index in [0.29, 0.717) is 16.6 Å². The Labute approximate surface area is 167 Å². The molecule has 4 aromatic rings. The van der Waals surface area contributed by atoms with Gasteiger partial charge in [-0.15, -0.1) is 0 Å². The molecule has 0 bridgehead atoms. The highest BCUT2D eigenvalue weighted by molar-refractivity contribution is 5.96. The maximum Gasteiger partial charge on any atom is 0.264 e. The number of aryl methyl sites for hydroxylation is 2. The monoisotopic (exact) mass is 384 g/mol. The molecule has 0 N–H and O–H groups in total. The van der Waals surface area contributed by atoms with Gasteiger partial charge in [0, 0.05) is 5.56 Å². The van der Waals surface area contributed by atoms with Gasteiger partial charge < -0.3 is 0 Å². The first-order chi connectivity index (χ1) is 14.2. The number of rotatable bonds is 4. The van der Waals surface area contributed by atoms with Crippen molar-refractivity contribution in [3.8, 4) is 5.69 Å². The summed E-state index contributed by atoms with van der Waals surface area (Å²) in [7, 11) is 0. The van der Waals surface area contributed by atoms with Gasteiger partial charge in [-0.2, -0.15) is 5.10 Å². The molecule has 2 heterocycles. The Hall–Kier alpha value is -3.54. The highest BCUT2D eigenvalue weighted by atomic mass is 16.1. The van der Waals surface area contributed by atoms with Crippen LogP contribution in [0.2, 0.25) is 0 Å². The molecule has 5 rings (SSSR count). The minimum absolute atomic E-state index is 0.0307. The first-order valence-electron chi connectivity index (χ1n) is 9.84. The van der Waals surface area contributed by atoms with Crippen LogP contribution in [0, 0.1) is 0 Å². The van der Waals surface area contributed by atoms with Gasteiger partial charge in [0.05, 0.1) is 18.4 Å². The number of hydrogen-bond donors (Lipinski definition) is 0. The number of fused-ring (bicyclic) bond motifs is 2. The van der Waals surface area contributed by atoms with Crippen molar-refractivity contribution in [2.24, 2.45) is 0 Å². The molecule has 0 saturated carbocycles. The van der Waals surface area contributed by atoms with E-state index in [-0.39, 0.29) is 17.9 Å². The second-order valence-electron chi connectivity index (χ2n) is 7.42. The Balaban J connectivity index is 1.46. The van der Waals surface area contributed by atoms with Crippen molar-refractivity contribution in [3.05, 3.63) is 88.1 Å². The number of nitrogens with zero attached hydrogens (tertiary/aromatic N) is 4. The van der Waals surface area contributed by atoms with Gasteiger partial charge in [0.2, 0.25) is 0 Å². The Morgan fingerprint density at radius 3 is 2.62 bits per heavy atom. The summed E-state index contributed by atoms with van der Waals surface area (Å²) in [6.45, 7) is -0.0307. The summed E-state index contributed by atoms with van der Waals surface area (Å²) in [5.41, 5.74) is 4.30. The second-order valence-corrected chi connectivity index (χ2v) is 7.42. The van der Waals surface area contributed by atoms with E-state index >= 15 is 0 Å². The maximum atomic E-state index is 12.9. The van der Waals surface area contributed by atoms with Crippen LogP contribution >= 0.6 is 0 Å². The molecule has 1 aliphatic carbocycles. The van der Waals surface area contributed by atoms with E-state index in [1.165, 1.54) is 34.6 Å². The lowest BCUT2D eigenvalue weighted by molar-refractivity contribution is 0.0970. The average molecular weight is 384 g/mol. The van der Waals surface area contributed by atoms with Gasteiger partial charge in [-0.05, 0) is 55.0 Å². The molecular formula is C23H20N4O2. The molecule has 0 unspecified atom stereocenters. The molecule has 0 saturated heterocycles. The third-order valence-electron chi connectivity index (χ3n) is 5.54. The van der Waals surface area contributed by atoms with E-state index in [9.17, 15) is 9.59 Å². The number of aromatic nitrogens is 4. The van der Waals surface area contributed by atoms with Crippen molar-refractivity contribution in [3.63, 3.8) is 0 Å². The maximum absolute atomic E-state index is 12.9. The molecule has 6 nitrogen and oxygen atoms in total. The van der Waals surface area contributed by atoms with Crippen LogP contribution in [0.25, 0.3) is 16.7 Å². The van der Waals surface area contributed by atoms with E-state index in [1.807, 2.05) is 42.5 Å². The number of carbonyl (C=O) groups is 1. The van der Waals surface area contributed by atoms with Crippen LogP contribution in [-0.2, 0) is 19.4 Å². The Morgan fingerprint density at radius 2 is 1.79 bits per heavy atom. The van der Waals surface area contributed by atoms with Gasteiger partial charge >= 0.3 is 0 Å². The fraction of sp³-hybridized carbons (Fsp3) is 0.217. The smallest absolute Gasteiger partial charge is 0.264 e. The minimum atomic E-state index is -0.261. The topological polar surface area (TPSA) is 69.8 Å².